The third-order valence-electron chi connectivity index (χ3n) is 6.17. The van der Waals surface area contributed by atoms with Gasteiger partial charge in [-0.1, -0.05) is 12.5 Å². The van der Waals surface area contributed by atoms with Gasteiger partial charge in [0.2, 0.25) is 0 Å². The van der Waals surface area contributed by atoms with Crippen molar-refractivity contribution in [2.45, 2.75) is 83.4 Å². The molecule has 4 atom stereocenters. The van der Waals surface area contributed by atoms with Crippen LogP contribution in [0.2, 0.25) is 0 Å². The van der Waals surface area contributed by atoms with E-state index in [9.17, 15) is 9.18 Å². The number of alkyl halides is 1. The summed E-state index contributed by atoms with van der Waals surface area (Å²) in [7, 11) is 0. The summed E-state index contributed by atoms with van der Waals surface area (Å²) in [6, 6.07) is 7.18. The third-order valence-corrected chi connectivity index (χ3v) is 6.17. The van der Waals surface area contributed by atoms with Crippen LogP contribution in [0.3, 0.4) is 0 Å². The molecule has 2 saturated heterocycles. The summed E-state index contributed by atoms with van der Waals surface area (Å²) in [5, 5.41) is 3.32. The van der Waals surface area contributed by atoms with Crippen LogP contribution in [-0.4, -0.2) is 52.8 Å². The molecule has 1 N–H and O–H groups in total. The summed E-state index contributed by atoms with van der Waals surface area (Å²) < 4.78 is 19.9. The summed E-state index contributed by atoms with van der Waals surface area (Å²) >= 11 is 0. The van der Waals surface area contributed by atoms with Gasteiger partial charge in [-0.05, 0) is 63.8 Å². The third kappa shape index (κ3) is 3.84. The van der Waals surface area contributed by atoms with Crippen LogP contribution in [0.5, 0.6) is 0 Å². The van der Waals surface area contributed by atoms with Crippen LogP contribution in [-0.2, 0) is 11.3 Å². The Morgan fingerprint density at radius 1 is 1.25 bits per heavy atom. The molecule has 1 aromatic rings. The molecular weight excluding hydrogens is 357 g/mol. The molecule has 3 aliphatic heterocycles. The van der Waals surface area contributed by atoms with Crippen molar-refractivity contribution in [3.8, 4) is 0 Å². The standard InChI is InChI=1S/C22H32FN3O2/c1-14-6-5-7-20-17-9-8-16(10-15(17)11-26(14)20)24-19-13-25(12-18(19)23)21(27)28-22(2,3)4/h8-10,14,18-20,24H,5-7,11-13H2,1-4H3/t14-,18-,19+,20-/m1/s1. The van der Waals surface area contributed by atoms with Gasteiger partial charge >= 0.3 is 6.09 Å². The van der Waals surface area contributed by atoms with E-state index in [4.69, 9.17) is 4.74 Å². The van der Waals surface area contributed by atoms with E-state index in [-0.39, 0.29) is 6.54 Å². The number of anilines is 1. The quantitative estimate of drug-likeness (QED) is 0.810. The van der Waals surface area contributed by atoms with E-state index in [1.807, 2.05) is 20.8 Å². The van der Waals surface area contributed by atoms with Gasteiger partial charge in [0, 0.05) is 30.9 Å². The van der Waals surface area contributed by atoms with E-state index in [1.54, 1.807) is 0 Å². The highest BCUT2D eigenvalue weighted by atomic mass is 19.1. The number of likely N-dealkylation sites (tertiary alicyclic amines) is 1. The van der Waals surface area contributed by atoms with Gasteiger partial charge in [0.25, 0.3) is 0 Å². The largest absolute Gasteiger partial charge is 0.444 e. The molecule has 0 saturated carbocycles. The zero-order valence-corrected chi connectivity index (χ0v) is 17.4. The number of nitrogens with one attached hydrogen (secondary N) is 1. The summed E-state index contributed by atoms with van der Waals surface area (Å²) in [6.07, 6.45) is 2.23. The van der Waals surface area contributed by atoms with Gasteiger partial charge in [-0.15, -0.1) is 0 Å². The van der Waals surface area contributed by atoms with Crippen molar-refractivity contribution < 1.29 is 13.9 Å². The lowest BCUT2D eigenvalue weighted by molar-refractivity contribution is 0.0283. The molecule has 1 amide bonds. The molecule has 3 heterocycles. The highest BCUT2D eigenvalue weighted by molar-refractivity contribution is 5.69. The molecule has 0 aliphatic carbocycles. The van der Waals surface area contributed by atoms with Gasteiger partial charge in [0.05, 0.1) is 12.6 Å². The monoisotopic (exact) mass is 389 g/mol. The number of carbonyl (C=O) groups excluding carboxylic acids is 1. The Hall–Kier alpha value is -1.82. The molecule has 4 rings (SSSR count). The number of benzene rings is 1. The first-order valence-corrected chi connectivity index (χ1v) is 10.5. The fourth-order valence-corrected chi connectivity index (χ4v) is 4.79. The van der Waals surface area contributed by atoms with Gasteiger partial charge in [-0.2, -0.15) is 0 Å². The molecule has 0 aromatic heterocycles. The zero-order valence-electron chi connectivity index (χ0n) is 17.4. The molecule has 3 aliphatic rings. The van der Waals surface area contributed by atoms with Gasteiger partial charge in [-0.25, -0.2) is 9.18 Å². The van der Waals surface area contributed by atoms with Gasteiger partial charge < -0.3 is 15.0 Å². The van der Waals surface area contributed by atoms with Crippen LogP contribution in [0.4, 0.5) is 14.9 Å². The normalized spacial score (nSPS) is 30.1. The molecule has 28 heavy (non-hydrogen) atoms. The lowest BCUT2D eigenvalue weighted by atomic mass is 9.94. The fraction of sp³-hybridized carbons (Fsp3) is 0.682. The first-order chi connectivity index (χ1) is 13.2. The summed E-state index contributed by atoms with van der Waals surface area (Å²) in [4.78, 5) is 16.3. The average molecular weight is 390 g/mol. The zero-order chi connectivity index (χ0) is 20.1. The molecule has 0 spiro atoms. The van der Waals surface area contributed by atoms with Gasteiger partial charge in [-0.3, -0.25) is 4.90 Å². The van der Waals surface area contributed by atoms with E-state index >= 15 is 0 Å². The lowest BCUT2D eigenvalue weighted by Gasteiger charge is -2.35. The van der Waals surface area contributed by atoms with Crippen LogP contribution in [0.15, 0.2) is 18.2 Å². The van der Waals surface area contributed by atoms with Crippen molar-refractivity contribution in [1.29, 1.82) is 0 Å². The predicted octanol–water partition coefficient (Wildman–Crippen LogP) is 4.49. The van der Waals surface area contributed by atoms with E-state index in [0.717, 1.165) is 12.2 Å². The Bertz CT molecular complexity index is 748. The highest BCUT2D eigenvalue weighted by Crippen LogP contribution is 2.43. The Morgan fingerprint density at radius 3 is 2.79 bits per heavy atom. The minimum absolute atomic E-state index is 0.0743. The number of amides is 1. The number of carbonyl (C=O) groups is 1. The van der Waals surface area contributed by atoms with Crippen LogP contribution in [0.1, 0.15) is 64.1 Å². The smallest absolute Gasteiger partial charge is 0.410 e. The minimum Gasteiger partial charge on any atom is -0.444 e. The molecule has 0 radical (unpaired) electrons. The van der Waals surface area contributed by atoms with Crippen molar-refractivity contribution >= 4 is 11.8 Å². The van der Waals surface area contributed by atoms with E-state index < -0.39 is 23.9 Å². The van der Waals surface area contributed by atoms with Crippen LogP contribution in [0.25, 0.3) is 0 Å². The number of rotatable bonds is 2. The van der Waals surface area contributed by atoms with E-state index in [1.165, 1.54) is 35.3 Å². The molecular formula is C22H32FN3O2. The summed E-state index contributed by atoms with van der Waals surface area (Å²) in [5.74, 6) is 0. The summed E-state index contributed by atoms with van der Waals surface area (Å²) in [6.45, 7) is 9.15. The van der Waals surface area contributed by atoms with Crippen molar-refractivity contribution in [3.63, 3.8) is 0 Å². The number of fused-ring (bicyclic) bond motifs is 3. The number of ether oxygens (including phenoxy) is 1. The fourth-order valence-electron chi connectivity index (χ4n) is 4.79. The van der Waals surface area contributed by atoms with Gasteiger partial charge in [0.1, 0.15) is 11.8 Å². The second kappa shape index (κ2) is 7.21. The van der Waals surface area contributed by atoms with Crippen LogP contribution in [0, 0.1) is 0 Å². The van der Waals surface area contributed by atoms with E-state index in [0.29, 0.717) is 18.6 Å². The van der Waals surface area contributed by atoms with Crippen molar-refractivity contribution in [1.82, 2.24) is 9.80 Å². The minimum atomic E-state index is -1.10. The maximum absolute atomic E-state index is 14.6. The molecule has 6 heteroatoms. The SMILES string of the molecule is C[C@@H]1CCC[C@@H]2c3ccc(N[C@H]4CN(C(=O)OC(C)(C)C)C[C@H]4F)cc3CN12. The Balaban J connectivity index is 1.42. The Labute approximate surface area is 167 Å². The van der Waals surface area contributed by atoms with Gasteiger partial charge in [0.15, 0.2) is 0 Å². The van der Waals surface area contributed by atoms with Crippen molar-refractivity contribution in [2.75, 3.05) is 18.4 Å². The molecule has 0 bridgehead atoms. The molecule has 5 nitrogen and oxygen atoms in total. The average Bonchev–Trinajstić information content (AvgIpc) is 3.15. The number of nitrogens with zero attached hydrogens (tertiary/aromatic N) is 2. The lowest BCUT2D eigenvalue weighted by Crippen LogP contribution is -2.36. The number of hydrogen-bond donors (Lipinski definition) is 1. The molecule has 2 fully saturated rings. The van der Waals surface area contributed by atoms with Crippen LogP contribution >= 0.6 is 0 Å². The Morgan fingerprint density at radius 2 is 2.04 bits per heavy atom. The number of hydrogen-bond acceptors (Lipinski definition) is 4. The predicted molar refractivity (Wildman–Crippen MR) is 108 cm³/mol. The first kappa shape index (κ1) is 19.5. The number of halogens is 1. The maximum atomic E-state index is 14.6. The van der Waals surface area contributed by atoms with Crippen molar-refractivity contribution in [3.05, 3.63) is 29.3 Å². The van der Waals surface area contributed by atoms with Crippen LogP contribution < -0.4 is 5.32 Å². The first-order valence-electron chi connectivity index (χ1n) is 10.5. The number of piperidine rings is 1. The summed E-state index contributed by atoms with van der Waals surface area (Å²) in [5.41, 5.74) is 3.14. The van der Waals surface area contributed by atoms with E-state index in [2.05, 4.69) is 35.3 Å². The molecule has 1 aromatic carbocycles. The topological polar surface area (TPSA) is 44.8 Å². The molecule has 0 unspecified atom stereocenters. The second-order valence-electron chi connectivity index (χ2n) is 9.53. The highest BCUT2D eigenvalue weighted by Gasteiger charge is 2.38. The maximum Gasteiger partial charge on any atom is 0.410 e. The second-order valence-corrected chi connectivity index (χ2v) is 9.53. The Kier molecular flexibility index (Phi) is 5.02. The van der Waals surface area contributed by atoms with Crippen molar-refractivity contribution in [2.24, 2.45) is 0 Å². The molecule has 154 valence electrons.